The Morgan fingerprint density at radius 3 is 2.02 bits per heavy atom. The van der Waals surface area contributed by atoms with Gasteiger partial charge in [0.05, 0.1) is 23.1 Å². The molecular weight excluding hydrogens is 536 g/mol. The Morgan fingerprint density at radius 2 is 1.48 bits per heavy atom. The summed E-state index contributed by atoms with van der Waals surface area (Å²) in [4.78, 5) is 15.6. The summed E-state index contributed by atoms with van der Waals surface area (Å²) in [6.07, 6.45) is 18.1. The van der Waals surface area contributed by atoms with Gasteiger partial charge in [-0.2, -0.15) is 4.57 Å². The number of hydrogen-bond acceptors (Lipinski definition) is 3. The van der Waals surface area contributed by atoms with Crippen LogP contribution in [0.3, 0.4) is 0 Å². The Labute approximate surface area is 251 Å². The zero-order valence-electron chi connectivity index (χ0n) is 24.8. The highest BCUT2D eigenvalue weighted by molar-refractivity contribution is 7.09. The van der Waals surface area contributed by atoms with E-state index in [2.05, 4.69) is 42.3 Å². The van der Waals surface area contributed by atoms with Crippen LogP contribution >= 0.6 is 22.9 Å². The zero-order valence-corrected chi connectivity index (χ0v) is 26.4. The van der Waals surface area contributed by atoms with Gasteiger partial charge in [0, 0.05) is 18.2 Å². The van der Waals surface area contributed by atoms with Crippen molar-refractivity contribution >= 4 is 34.5 Å². The van der Waals surface area contributed by atoms with Gasteiger partial charge < -0.3 is 9.64 Å². The van der Waals surface area contributed by atoms with Crippen molar-refractivity contribution in [1.29, 1.82) is 0 Å². The maximum absolute atomic E-state index is 12.5. The summed E-state index contributed by atoms with van der Waals surface area (Å²) in [7, 11) is 0. The van der Waals surface area contributed by atoms with Gasteiger partial charge in [0.2, 0.25) is 11.4 Å². The first-order valence-corrected chi connectivity index (χ1v) is 16.4. The molecule has 0 unspecified atom stereocenters. The molecule has 0 saturated carbocycles. The maximum Gasteiger partial charge on any atom is 0.225 e. The van der Waals surface area contributed by atoms with Gasteiger partial charge in [0.1, 0.15) is 5.75 Å². The molecule has 0 atom stereocenters. The van der Waals surface area contributed by atoms with Gasteiger partial charge in [0.15, 0.2) is 12.7 Å². The summed E-state index contributed by atoms with van der Waals surface area (Å²) in [5, 5.41) is 0.596. The van der Waals surface area contributed by atoms with Gasteiger partial charge in [-0.05, 0) is 43.2 Å². The van der Waals surface area contributed by atoms with Crippen molar-refractivity contribution in [1.82, 2.24) is 0 Å². The predicted octanol–water partition coefficient (Wildman–Crippen LogP) is 9.68. The number of benzene rings is 2. The SMILES string of the molecule is CCCCCCCCCCCCCCOc1ccc(CN(C(C)=O)c2ccc(C[n+]3csc(C)c3)cc2)cc1Cl. The molecule has 0 bridgehead atoms. The average molecular weight is 584 g/mol. The van der Waals surface area contributed by atoms with Crippen LogP contribution in [0, 0.1) is 6.92 Å². The number of thiazole rings is 1. The lowest BCUT2D eigenvalue weighted by Crippen LogP contribution is -2.31. The topological polar surface area (TPSA) is 33.4 Å². The summed E-state index contributed by atoms with van der Waals surface area (Å²) in [5.74, 6) is 0.715. The summed E-state index contributed by atoms with van der Waals surface area (Å²) in [6, 6.07) is 14.1. The normalized spacial score (nSPS) is 11.1. The van der Waals surface area contributed by atoms with E-state index in [1.54, 1.807) is 23.2 Å². The monoisotopic (exact) mass is 583 g/mol. The van der Waals surface area contributed by atoms with E-state index in [0.29, 0.717) is 23.9 Å². The van der Waals surface area contributed by atoms with Crippen molar-refractivity contribution in [2.75, 3.05) is 11.5 Å². The molecule has 3 rings (SSSR count). The number of hydrogen-bond donors (Lipinski definition) is 0. The van der Waals surface area contributed by atoms with E-state index < -0.39 is 0 Å². The zero-order chi connectivity index (χ0) is 28.6. The standard InChI is InChI=1S/C34H48ClN2O2S/c1-4-5-6-7-8-9-10-11-12-13-14-15-22-39-34-21-18-31(23-33(34)35)26-37(29(3)38)32-19-16-30(17-20-32)25-36-24-28(2)40-27-36/h16-21,23-24,27H,4-15,22,25-26H2,1-3H3/q+1. The lowest BCUT2D eigenvalue weighted by atomic mass is 10.1. The van der Waals surface area contributed by atoms with Crippen molar-refractivity contribution in [2.45, 2.75) is 111 Å². The fraction of sp³-hybridized carbons (Fsp3) is 0.529. The lowest BCUT2D eigenvalue weighted by molar-refractivity contribution is -0.683. The molecule has 2 aromatic carbocycles. The molecule has 0 aliphatic rings. The van der Waals surface area contributed by atoms with Gasteiger partial charge in [-0.25, -0.2) is 0 Å². The summed E-state index contributed by atoms with van der Waals surface area (Å²) >= 11 is 8.30. The molecule has 1 amide bonds. The third-order valence-electron chi connectivity index (χ3n) is 7.31. The Morgan fingerprint density at radius 1 is 0.875 bits per heavy atom. The number of rotatable bonds is 19. The van der Waals surface area contributed by atoms with Gasteiger partial charge in [-0.1, -0.05) is 119 Å². The van der Waals surface area contributed by atoms with Gasteiger partial charge in [-0.3, -0.25) is 4.79 Å². The molecule has 0 N–H and O–H groups in total. The van der Waals surface area contributed by atoms with Crippen molar-refractivity contribution in [3.05, 3.63) is 75.2 Å². The second-order valence-electron chi connectivity index (χ2n) is 10.9. The third kappa shape index (κ3) is 11.6. The Balaban J connectivity index is 1.37. The predicted molar refractivity (Wildman–Crippen MR) is 170 cm³/mol. The van der Waals surface area contributed by atoms with E-state index in [1.807, 2.05) is 30.3 Å². The highest BCUT2D eigenvalue weighted by Gasteiger charge is 2.14. The average Bonchev–Trinajstić information content (AvgIpc) is 3.35. The molecule has 40 heavy (non-hydrogen) atoms. The van der Waals surface area contributed by atoms with Crippen LogP contribution < -0.4 is 14.2 Å². The molecule has 0 fully saturated rings. The van der Waals surface area contributed by atoms with Crippen LogP contribution in [-0.4, -0.2) is 12.5 Å². The van der Waals surface area contributed by atoms with Crippen molar-refractivity contribution in [3.63, 3.8) is 0 Å². The number of carbonyl (C=O) groups is 1. The second kappa shape index (κ2) is 18.1. The van der Waals surface area contributed by atoms with Crippen LogP contribution in [0.2, 0.25) is 5.02 Å². The minimum Gasteiger partial charge on any atom is -0.492 e. The van der Waals surface area contributed by atoms with E-state index >= 15 is 0 Å². The van der Waals surface area contributed by atoms with E-state index in [1.165, 1.54) is 81.1 Å². The number of unbranched alkanes of at least 4 members (excludes halogenated alkanes) is 11. The minimum absolute atomic E-state index is 0.000919. The molecule has 6 heteroatoms. The molecular formula is C34H48ClN2O2S+. The second-order valence-corrected chi connectivity index (χ2v) is 12.4. The molecule has 4 nitrogen and oxygen atoms in total. The Kier molecular flexibility index (Phi) is 14.6. The summed E-state index contributed by atoms with van der Waals surface area (Å²) in [6.45, 7) is 7.96. The van der Waals surface area contributed by atoms with Crippen LogP contribution in [0.25, 0.3) is 0 Å². The van der Waals surface area contributed by atoms with Gasteiger partial charge >= 0.3 is 0 Å². The first-order chi connectivity index (χ1) is 19.5. The van der Waals surface area contributed by atoms with E-state index in [0.717, 1.165) is 24.2 Å². The highest BCUT2D eigenvalue weighted by Crippen LogP contribution is 2.28. The molecule has 0 radical (unpaired) electrons. The number of nitrogens with zero attached hydrogens (tertiary/aromatic N) is 2. The quantitative estimate of drug-likeness (QED) is 0.104. The number of ether oxygens (including phenoxy) is 1. The number of anilines is 1. The molecule has 1 aromatic heterocycles. The number of aromatic nitrogens is 1. The molecule has 0 aliphatic heterocycles. The number of carbonyl (C=O) groups excluding carboxylic acids is 1. The summed E-state index contributed by atoms with van der Waals surface area (Å²) < 4.78 is 8.15. The fourth-order valence-electron chi connectivity index (χ4n) is 4.97. The highest BCUT2D eigenvalue weighted by atomic mass is 35.5. The lowest BCUT2D eigenvalue weighted by Gasteiger charge is -2.22. The molecule has 3 aromatic rings. The van der Waals surface area contributed by atoms with Crippen LogP contribution in [0.5, 0.6) is 5.75 Å². The smallest absolute Gasteiger partial charge is 0.225 e. The van der Waals surface area contributed by atoms with Crippen molar-refractivity contribution in [2.24, 2.45) is 0 Å². The molecule has 1 heterocycles. The third-order valence-corrected chi connectivity index (χ3v) is 8.46. The Hall–Kier alpha value is -2.37. The van der Waals surface area contributed by atoms with E-state index in [9.17, 15) is 4.79 Å². The van der Waals surface area contributed by atoms with Crippen molar-refractivity contribution < 1.29 is 14.1 Å². The molecule has 218 valence electrons. The van der Waals surface area contributed by atoms with Crippen LogP contribution in [0.15, 0.2) is 54.2 Å². The van der Waals surface area contributed by atoms with E-state index in [-0.39, 0.29) is 5.91 Å². The van der Waals surface area contributed by atoms with Crippen LogP contribution in [-0.2, 0) is 17.9 Å². The largest absolute Gasteiger partial charge is 0.492 e. The number of halogens is 1. The van der Waals surface area contributed by atoms with Crippen LogP contribution in [0.4, 0.5) is 5.69 Å². The number of aryl methyl sites for hydroxylation is 1. The van der Waals surface area contributed by atoms with Gasteiger partial charge in [0.25, 0.3) is 0 Å². The first kappa shape index (κ1) is 32.1. The molecule has 0 spiro atoms. The van der Waals surface area contributed by atoms with Crippen LogP contribution in [0.1, 0.15) is 107 Å². The number of amides is 1. The molecule has 0 saturated heterocycles. The first-order valence-electron chi connectivity index (χ1n) is 15.2. The summed E-state index contributed by atoms with van der Waals surface area (Å²) in [5.41, 5.74) is 5.19. The Bertz CT molecular complexity index is 1150. The fourth-order valence-corrected chi connectivity index (χ4v) is 5.86. The van der Waals surface area contributed by atoms with E-state index in [4.69, 9.17) is 16.3 Å². The van der Waals surface area contributed by atoms with Gasteiger partial charge in [-0.15, -0.1) is 0 Å². The minimum atomic E-state index is -0.000919. The van der Waals surface area contributed by atoms with Crippen molar-refractivity contribution in [3.8, 4) is 5.75 Å². The molecule has 0 aliphatic carbocycles. The maximum atomic E-state index is 12.5.